The fourth-order valence-corrected chi connectivity index (χ4v) is 6.37. The normalized spacial score (nSPS) is 13.9. The van der Waals surface area contributed by atoms with Crippen molar-refractivity contribution in [2.45, 2.75) is 188 Å². The minimum absolute atomic E-state index is 0.0291. The van der Waals surface area contributed by atoms with Crippen LogP contribution in [0.25, 0.3) is 0 Å². The molecule has 0 aromatic rings. The summed E-state index contributed by atoms with van der Waals surface area (Å²) in [7, 11) is 4.00. The van der Waals surface area contributed by atoms with Crippen LogP contribution in [0.5, 0.6) is 0 Å². The average Bonchev–Trinajstić information content (AvgIpc) is 3.05. The number of allylic oxidation sites excluding steroid dienone is 6. The smallest absolute Gasteiger partial charge is 0.241 e. The molecule has 0 bridgehead atoms. The van der Waals surface area contributed by atoms with Crippen LogP contribution in [-0.4, -0.2) is 37.2 Å². The Labute approximate surface area is 288 Å². The first-order valence-corrected chi connectivity index (χ1v) is 19.9. The lowest BCUT2D eigenvalue weighted by Gasteiger charge is -2.24. The van der Waals surface area contributed by atoms with Crippen molar-refractivity contribution in [2.24, 2.45) is 16.9 Å². The second-order valence-corrected chi connectivity index (χ2v) is 13.8. The Morgan fingerprint density at radius 3 is 1.63 bits per heavy atom. The van der Waals surface area contributed by atoms with E-state index in [1.165, 1.54) is 134 Å². The van der Waals surface area contributed by atoms with E-state index in [2.05, 4.69) is 74.7 Å². The maximum atomic E-state index is 12.2. The van der Waals surface area contributed by atoms with Crippen LogP contribution in [0.4, 0.5) is 0 Å². The summed E-state index contributed by atoms with van der Waals surface area (Å²) in [5.41, 5.74) is 4.03. The van der Waals surface area contributed by atoms with Crippen LogP contribution in [0, 0.1) is 11.8 Å². The van der Waals surface area contributed by atoms with Gasteiger partial charge >= 0.3 is 0 Å². The lowest BCUT2D eigenvalue weighted by Crippen LogP contribution is -2.24. The predicted molar refractivity (Wildman–Crippen MR) is 207 cm³/mol. The van der Waals surface area contributed by atoms with E-state index in [9.17, 15) is 4.79 Å². The molecular weight excluding hydrogens is 562 g/mol. The molecule has 4 nitrogen and oxygen atoms in total. The number of unbranched alkanes of at least 4 members (excludes halogenated alkanes) is 12. The molecular formula is C42H79N3O. The third-order valence-electron chi connectivity index (χ3n) is 9.38. The molecule has 0 aliphatic rings. The van der Waals surface area contributed by atoms with Gasteiger partial charge in [0.05, 0.1) is 0 Å². The Bertz CT molecular complexity index is 782. The van der Waals surface area contributed by atoms with Crippen LogP contribution in [-0.2, 0) is 4.79 Å². The zero-order valence-corrected chi connectivity index (χ0v) is 31.8. The van der Waals surface area contributed by atoms with Gasteiger partial charge in [-0.3, -0.25) is 4.79 Å². The molecule has 2 atom stereocenters. The van der Waals surface area contributed by atoms with Crippen molar-refractivity contribution in [1.29, 1.82) is 0 Å². The molecule has 46 heavy (non-hydrogen) atoms. The number of hydrazone groups is 1. The minimum atomic E-state index is 0.0291. The lowest BCUT2D eigenvalue weighted by molar-refractivity contribution is -0.121. The van der Waals surface area contributed by atoms with E-state index in [4.69, 9.17) is 0 Å². The fraction of sp³-hybridized carbons (Fsp3) is 0.810. The van der Waals surface area contributed by atoms with Gasteiger partial charge in [0.2, 0.25) is 5.91 Å². The predicted octanol–water partition coefficient (Wildman–Crippen LogP) is 12.8. The molecule has 268 valence electrons. The summed E-state index contributed by atoms with van der Waals surface area (Å²) in [6, 6.07) is 0. The van der Waals surface area contributed by atoms with Gasteiger partial charge in [-0.25, -0.2) is 5.43 Å². The number of hydrogen-bond donors (Lipinski definition) is 1. The van der Waals surface area contributed by atoms with Crippen LogP contribution in [0.2, 0.25) is 0 Å². The molecule has 0 fully saturated rings. The SMILES string of the molecule is CC/C=C\CCCCCCCC/C(CCCCCCCC/C=C\C/C=C\CCC(CC)C(CC)CCC)=N\NC(=O)CCN(C)C. The number of carbonyl (C=O) groups excluding carboxylic acids is 1. The molecule has 1 N–H and O–H groups in total. The third kappa shape index (κ3) is 29.7. The number of hydrogen-bond acceptors (Lipinski definition) is 3. The minimum Gasteiger partial charge on any atom is -0.309 e. The largest absolute Gasteiger partial charge is 0.309 e. The number of amides is 1. The molecule has 1 amide bonds. The van der Waals surface area contributed by atoms with Gasteiger partial charge in [-0.2, -0.15) is 5.10 Å². The van der Waals surface area contributed by atoms with Crippen LogP contribution in [0.15, 0.2) is 41.6 Å². The molecule has 0 saturated carbocycles. The lowest BCUT2D eigenvalue weighted by atomic mass is 9.82. The number of nitrogens with zero attached hydrogens (tertiary/aromatic N) is 2. The molecule has 0 aliphatic carbocycles. The first-order valence-electron chi connectivity index (χ1n) is 19.9. The summed E-state index contributed by atoms with van der Waals surface area (Å²) in [6.45, 7) is 10.0. The Balaban J connectivity index is 4.12. The summed E-state index contributed by atoms with van der Waals surface area (Å²) in [4.78, 5) is 14.3. The maximum Gasteiger partial charge on any atom is 0.241 e. The van der Waals surface area contributed by atoms with Gasteiger partial charge in [-0.1, -0.05) is 141 Å². The van der Waals surface area contributed by atoms with E-state index in [-0.39, 0.29) is 5.91 Å². The van der Waals surface area contributed by atoms with E-state index in [0.717, 1.165) is 44.1 Å². The van der Waals surface area contributed by atoms with Crippen molar-refractivity contribution < 1.29 is 4.79 Å². The van der Waals surface area contributed by atoms with Gasteiger partial charge < -0.3 is 4.90 Å². The number of nitrogens with one attached hydrogen (secondary N) is 1. The first kappa shape index (κ1) is 44.3. The number of carbonyl (C=O) groups is 1. The monoisotopic (exact) mass is 642 g/mol. The van der Waals surface area contributed by atoms with E-state index in [0.29, 0.717) is 6.42 Å². The van der Waals surface area contributed by atoms with Crippen LogP contribution in [0.1, 0.15) is 188 Å². The van der Waals surface area contributed by atoms with Crippen molar-refractivity contribution in [1.82, 2.24) is 10.3 Å². The van der Waals surface area contributed by atoms with E-state index < -0.39 is 0 Å². The molecule has 0 spiro atoms. The molecule has 0 heterocycles. The molecule has 0 aliphatic heterocycles. The van der Waals surface area contributed by atoms with Crippen molar-refractivity contribution >= 4 is 11.6 Å². The maximum absolute atomic E-state index is 12.2. The standard InChI is InChI=1S/C42H79N3O/c1-7-11-12-13-14-15-22-25-28-31-35-41(43-44-42(46)37-38-45(5)6)36-32-29-26-23-20-18-16-17-19-21-24-27-30-34-40(10-4)39(9-3)33-8-2/h11-12,17,19,24,27,39-40H,7-10,13-16,18,20-23,25-26,28-38H2,1-6H3,(H,44,46)/b12-11-,19-17-,27-24-,43-41+. The second kappa shape index (κ2) is 34.6. The highest BCUT2D eigenvalue weighted by Crippen LogP contribution is 2.28. The van der Waals surface area contributed by atoms with Gasteiger partial charge in [0.25, 0.3) is 0 Å². The first-order chi connectivity index (χ1) is 22.5. The van der Waals surface area contributed by atoms with E-state index >= 15 is 0 Å². The van der Waals surface area contributed by atoms with Gasteiger partial charge in [0.1, 0.15) is 0 Å². The quantitative estimate of drug-likeness (QED) is 0.0335. The zero-order valence-electron chi connectivity index (χ0n) is 31.8. The number of rotatable bonds is 33. The molecule has 0 radical (unpaired) electrons. The van der Waals surface area contributed by atoms with E-state index in [1.54, 1.807) is 0 Å². The highest BCUT2D eigenvalue weighted by molar-refractivity contribution is 5.86. The molecule has 0 rings (SSSR count). The Hall–Kier alpha value is -1.68. The summed E-state index contributed by atoms with van der Waals surface area (Å²) < 4.78 is 0. The van der Waals surface area contributed by atoms with Crippen molar-refractivity contribution in [2.75, 3.05) is 20.6 Å². The molecule has 4 heteroatoms. The van der Waals surface area contributed by atoms with Crippen LogP contribution >= 0.6 is 0 Å². The van der Waals surface area contributed by atoms with Gasteiger partial charge in [0.15, 0.2) is 0 Å². The molecule has 2 unspecified atom stereocenters. The van der Waals surface area contributed by atoms with Crippen LogP contribution in [0.3, 0.4) is 0 Å². The topological polar surface area (TPSA) is 44.7 Å². The van der Waals surface area contributed by atoms with Crippen molar-refractivity contribution in [3.8, 4) is 0 Å². The Kier molecular flexibility index (Phi) is 33.4. The van der Waals surface area contributed by atoms with Gasteiger partial charge in [-0.15, -0.1) is 0 Å². The van der Waals surface area contributed by atoms with Crippen molar-refractivity contribution in [3.05, 3.63) is 36.5 Å². The highest BCUT2D eigenvalue weighted by atomic mass is 16.2. The summed E-state index contributed by atoms with van der Waals surface area (Å²) in [6.07, 6.45) is 44.7. The summed E-state index contributed by atoms with van der Waals surface area (Å²) >= 11 is 0. The molecule has 0 saturated heterocycles. The van der Waals surface area contributed by atoms with Gasteiger partial charge in [0, 0.05) is 18.7 Å². The highest BCUT2D eigenvalue weighted by Gasteiger charge is 2.16. The summed E-state index contributed by atoms with van der Waals surface area (Å²) in [5.74, 6) is 1.85. The average molecular weight is 642 g/mol. The third-order valence-corrected chi connectivity index (χ3v) is 9.38. The van der Waals surface area contributed by atoms with E-state index in [1.807, 2.05) is 19.0 Å². The molecule has 0 aromatic carbocycles. The summed E-state index contributed by atoms with van der Waals surface area (Å²) in [5, 5.41) is 4.58. The van der Waals surface area contributed by atoms with Gasteiger partial charge in [-0.05, 0) is 103 Å². The zero-order chi connectivity index (χ0) is 33.9. The molecule has 0 aromatic heterocycles. The van der Waals surface area contributed by atoms with Crippen LogP contribution < -0.4 is 5.43 Å². The Morgan fingerprint density at radius 2 is 1.11 bits per heavy atom. The Morgan fingerprint density at radius 1 is 0.609 bits per heavy atom. The van der Waals surface area contributed by atoms with Crippen molar-refractivity contribution in [3.63, 3.8) is 0 Å². The second-order valence-electron chi connectivity index (χ2n) is 13.8. The fourth-order valence-electron chi connectivity index (χ4n) is 6.37.